The third-order valence-corrected chi connectivity index (χ3v) is 2.85. The molecule has 0 saturated heterocycles. The second-order valence-electron chi connectivity index (χ2n) is 4.79. The van der Waals surface area contributed by atoms with Crippen molar-refractivity contribution in [2.75, 3.05) is 6.61 Å². The Balaban J connectivity index is 3.33. The van der Waals surface area contributed by atoms with Gasteiger partial charge in [-0.05, 0) is 31.6 Å². The second-order valence-corrected chi connectivity index (χ2v) is 4.79. The smallest absolute Gasteiger partial charge is 0.302 e. The molecule has 0 heterocycles. The van der Waals surface area contributed by atoms with E-state index in [-0.39, 0.29) is 5.97 Å². The molecule has 0 saturated carbocycles. The summed E-state index contributed by atoms with van der Waals surface area (Å²) in [6, 6.07) is 0. The maximum atomic E-state index is 10.6. The summed E-state index contributed by atoms with van der Waals surface area (Å²) in [5.74, 6) is 0.421. The van der Waals surface area contributed by atoms with Gasteiger partial charge in [-0.25, -0.2) is 0 Å². The average Bonchev–Trinajstić information content (AvgIpc) is 2.27. The summed E-state index contributed by atoms with van der Waals surface area (Å²) in [4.78, 5) is 10.6. The van der Waals surface area contributed by atoms with Crippen molar-refractivity contribution in [1.82, 2.24) is 0 Å². The van der Waals surface area contributed by atoms with Crippen molar-refractivity contribution in [2.45, 2.75) is 65.7 Å². The fourth-order valence-corrected chi connectivity index (χ4v) is 1.66. The van der Waals surface area contributed by atoms with Gasteiger partial charge in [0.05, 0.1) is 6.61 Å². The molecular weight excluding hydrogens is 212 g/mol. The number of hydrogen-bond donors (Lipinski definition) is 0. The normalized spacial score (nSPS) is 12.9. The predicted molar refractivity (Wildman–Crippen MR) is 72.9 cm³/mol. The van der Waals surface area contributed by atoms with Crippen LogP contribution >= 0.6 is 0 Å². The quantitative estimate of drug-likeness (QED) is 0.319. The number of esters is 1. The Hall–Kier alpha value is -0.790. The number of carbonyl (C=O) groups is 1. The fourth-order valence-electron chi connectivity index (χ4n) is 1.66. The van der Waals surface area contributed by atoms with Crippen molar-refractivity contribution in [3.63, 3.8) is 0 Å². The first-order chi connectivity index (χ1) is 8.16. The lowest BCUT2D eigenvalue weighted by molar-refractivity contribution is -0.141. The average molecular weight is 240 g/mol. The molecule has 0 bridgehead atoms. The number of carbonyl (C=O) groups excluding carboxylic acids is 1. The van der Waals surface area contributed by atoms with Crippen molar-refractivity contribution in [3.05, 3.63) is 12.2 Å². The molecule has 0 aliphatic heterocycles. The number of ether oxygens (including phenoxy) is 1. The van der Waals surface area contributed by atoms with Crippen LogP contribution < -0.4 is 0 Å². The Kier molecular flexibility index (Phi) is 11.1. The summed E-state index contributed by atoms with van der Waals surface area (Å²) in [5, 5.41) is 0. The number of hydrogen-bond acceptors (Lipinski definition) is 2. The second kappa shape index (κ2) is 11.7. The minimum Gasteiger partial charge on any atom is -0.466 e. The van der Waals surface area contributed by atoms with E-state index in [1.165, 1.54) is 39.0 Å². The van der Waals surface area contributed by atoms with Crippen LogP contribution in [0.15, 0.2) is 12.2 Å². The van der Waals surface area contributed by atoms with Gasteiger partial charge in [0.2, 0.25) is 0 Å². The van der Waals surface area contributed by atoms with E-state index in [0.717, 1.165) is 12.8 Å². The van der Waals surface area contributed by atoms with Crippen LogP contribution in [0.3, 0.4) is 0 Å². The molecule has 2 nitrogen and oxygen atoms in total. The first-order valence-corrected chi connectivity index (χ1v) is 6.95. The highest BCUT2D eigenvalue weighted by Gasteiger charge is 2.00. The Morgan fingerprint density at radius 3 is 2.65 bits per heavy atom. The molecule has 0 N–H and O–H groups in total. The zero-order valence-electron chi connectivity index (χ0n) is 11.7. The number of rotatable bonds is 10. The van der Waals surface area contributed by atoms with E-state index in [1.807, 2.05) is 0 Å². The van der Waals surface area contributed by atoms with Gasteiger partial charge in [-0.2, -0.15) is 0 Å². The van der Waals surface area contributed by atoms with Crippen LogP contribution in [0.5, 0.6) is 0 Å². The maximum absolute atomic E-state index is 10.6. The highest BCUT2D eigenvalue weighted by Crippen LogP contribution is 2.09. The summed E-state index contributed by atoms with van der Waals surface area (Å²) in [6.45, 7) is 6.45. The fraction of sp³-hybridized carbons (Fsp3) is 0.800. The van der Waals surface area contributed by atoms with E-state index in [1.54, 1.807) is 0 Å². The Morgan fingerprint density at radius 1 is 1.24 bits per heavy atom. The molecule has 0 aromatic carbocycles. The van der Waals surface area contributed by atoms with Gasteiger partial charge in [0.15, 0.2) is 0 Å². The first-order valence-electron chi connectivity index (χ1n) is 6.95. The van der Waals surface area contributed by atoms with Crippen molar-refractivity contribution in [3.8, 4) is 0 Å². The lowest BCUT2D eigenvalue weighted by Crippen LogP contribution is -2.04. The Morgan fingerprint density at radius 2 is 2.00 bits per heavy atom. The molecule has 0 fully saturated rings. The van der Waals surface area contributed by atoms with Gasteiger partial charge in [0, 0.05) is 6.92 Å². The third kappa shape index (κ3) is 13.1. The summed E-state index contributed by atoms with van der Waals surface area (Å²) >= 11 is 0. The van der Waals surface area contributed by atoms with Gasteiger partial charge in [-0.15, -0.1) is 0 Å². The van der Waals surface area contributed by atoms with E-state index in [2.05, 4.69) is 26.0 Å². The number of allylic oxidation sites excluding steroid dienone is 2. The van der Waals surface area contributed by atoms with Crippen molar-refractivity contribution in [2.24, 2.45) is 5.92 Å². The van der Waals surface area contributed by atoms with Crippen LogP contribution in [0.25, 0.3) is 0 Å². The van der Waals surface area contributed by atoms with Crippen molar-refractivity contribution in [1.29, 1.82) is 0 Å². The molecule has 0 aliphatic carbocycles. The molecule has 0 aliphatic rings. The van der Waals surface area contributed by atoms with Crippen LogP contribution in [0.2, 0.25) is 0 Å². The maximum Gasteiger partial charge on any atom is 0.302 e. The molecule has 0 rings (SSSR count). The monoisotopic (exact) mass is 240 g/mol. The van der Waals surface area contributed by atoms with Gasteiger partial charge in [0.25, 0.3) is 0 Å². The summed E-state index contributed by atoms with van der Waals surface area (Å²) in [5.41, 5.74) is 0. The van der Waals surface area contributed by atoms with Gasteiger partial charge in [-0.3, -0.25) is 4.79 Å². The van der Waals surface area contributed by atoms with Crippen LogP contribution in [-0.4, -0.2) is 12.6 Å². The number of unbranched alkanes of at least 4 members (excludes halogenated alkanes) is 4. The summed E-state index contributed by atoms with van der Waals surface area (Å²) in [6.07, 6.45) is 13.1. The summed E-state index contributed by atoms with van der Waals surface area (Å²) in [7, 11) is 0. The van der Waals surface area contributed by atoms with E-state index >= 15 is 0 Å². The lowest BCUT2D eigenvalue weighted by atomic mass is 10.0. The Bertz CT molecular complexity index is 209. The third-order valence-electron chi connectivity index (χ3n) is 2.85. The lowest BCUT2D eigenvalue weighted by Gasteiger charge is -2.08. The van der Waals surface area contributed by atoms with E-state index < -0.39 is 0 Å². The minimum atomic E-state index is -0.177. The minimum absolute atomic E-state index is 0.177. The zero-order valence-corrected chi connectivity index (χ0v) is 11.7. The van der Waals surface area contributed by atoms with Crippen molar-refractivity contribution < 1.29 is 9.53 Å². The SMILES string of the molecule is CCCCCCC=CCC(C)CCOC(C)=O. The molecular formula is C15H28O2. The highest BCUT2D eigenvalue weighted by molar-refractivity contribution is 5.65. The van der Waals surface area contributed by atoms with E-state index in [9.17, 15) is 4.79 Å². The molecule has 100 valence electrons. The molecule has 0 aromatic rings. The van der Waals surface area contributed by atoms with Crippen molar-refractivity contribution >= 4 is 5.97 Å². The first kappa shape index (κ1) is 16.2. The van der Waals surface area contributed by atoms with Gasteiger partial charge >= 0.3 is 5.97 Å². The van der Waals surface area contributed by atoms with Gasteiger partial charge in [-0.1, -0.05) is 45.3 Å². The zero-order chi connectivity index (χ0) is 12.9. The topological polar surface area (TPSA) is 26.3 Å². The molecule has 0 aromatic heterocycles. The largest absolute Gasteiger partial charge is 0.466 e. The van der Waals surface area contributed by atoms with E-state index in [4.69, 9.17) is 4.74 Å². The standard InChI is InChI=1S/C15H28O2/c1-4-5-6-7-8-9-10-11-14(2)12-13-17-15(3)16/h9-10,14H,4-8,11-13H2,1-3H3. The molecule has 17 heavy (non-hydrogen) atoms. The molecule has 0 amide bonds. The van der Waals surface area contributed by atoms with Gasteiger partial charge in [0.1, 0.15) is 0 Å². The van der Waals surface area contributed by atoms with Gasteiger partial charge < -0.3 is 4.74 Å². The molecule has 2 heteroatoms. The summed E-state index contributed by atoms with van der Waals surface area (Å²) < 4.78 is 4.92. The van der Waals surface area contributed by atoms with Crippen LogP contribution in [-0.2, 0) is 9.53 Å². The van der Waals surface area contributed by atoms with Crippen LogP contribution in [0.1, 0.15) is 65.7 Å². The van der Waals surface area contributed by atoms with Crippen LogP contribution in [0, 0.1) is 5.92 Å². The predicted octanol–water partition coefficient (Wildman–Crippen LogP) is 4.49. The molecule has 0 radical (unpaired) electrons. The van der Waals surface area contributed by atoms with E-state index in [0.29, 0.717) is 12.5 Å². The molecule has 1 unspecified atom stereocenters. The molecule has 1 atom stereocenters. The van der Waals surface area contributed by atoms with Crippen LogP contribution in [0.4, 0.5) is 0 Å². The molecule has 0 spiro atoms. The Labute approximate surface area is 106 Å². The highest BCUT2D eigenvalue weighted by atomic mass is 16.5.